The van der Waals surface area contributed by atoms with Gasteiger partial charge in [-0.05, 0) is 24.6 Å². The lowest BCUT2D eigenvalue weighted by Crippen LogP contribution is -2.36. The molecule has 1 aliphatic rings. The molecule has 1 aromatic carbocycles. The number of benzene rings is 1. The number of rotatable bonds is 5. The van der Waals surface area contributed by atoms with E-state index in [4.69, 9.17) is 0 Å². The summed E-state index contributed by atoms with van der Waals surface area (Å²) in [4.78, 5) is 24.8. The molecule has 0 bridgehead atoms. The van der Waals surface area contributed by atoms with Gasteiger partial charge in [-0.2, -0.15) is 0 Å². The number of hydrogen-bond donors (Lipinski definition) is 3. The Bertz CT molecular complexity index is 795. The van der Waals surface area contributed by atoms with Gasteiger partial charge < -0.3 is 20.3 Å². The largest absolute Gasteiger partial charge is 0.506 e. The van der Waals surface area contributed by atoms with Gasteiger partial charge in [0.05, 0.1) is 5.52 Å². The molecule has 2 heterocycles. The summed E-state index contributed by atoms with van der Waals surface area (Å²) in [5.41, 5.74) is 1.19. The fraction of sp³-hybridized carbons (Fsp3) is 0.375. The molecule has 0 aliphatic carbocycles. The molecule has 6 heteroatoms. The predicted molar refractivity (Wildman–Crippen MR) is 84.5 cm³/mol. The highest BCUT2D eigenvalue weighted by Gasteiger charge is 2.25. The van der Waals surface area contributed by atoms with Crippen LogP contribution in [0.5, 0.6) is 5.75 Å². The van der Waals surface area contributed by atoms with Crippen molar-refractivity contribution in [2.24, 2.45) is 0 Å². The maximum Gasteiger partial charge on any atom is 0.267 e. The van der Waals surface area contributed by atoms with Crippen LogP contribution in [0.1, 0.15) is 22.8 Å². The molecule has 116 valence electrons. The van der Waals surface area contributed by atoms with Crippen LogP contribution < -0.4 is 16.2 Å². The van der Waals surface area contributed by atoms with E-state index in [0.29, 0.717) is 25.0 Å². The lowest BCUT2D eigenvalue weighted by Gasteiger charge is -2.11. The van der Waals surface area contributed by atoms with Crippen LogP contribution in [0.25, 0.3) is 10.9 Å². The highest BCUT2D eigenvalue weighted by Crippen LogP contribution is 2.31. The first-order valence-corrected chi connectivity index (χ1v) is 7.51. The highest BCUT2D eigenvalue weighted by atomic mass is 16.3. The highest BCUT2D eigenvalue weighted by molar-refractivity contribution is 6.03. The third kappa shape index (κ3) is 2.25. The number of amides is 1. The first-order valence-electron chi connectivity index (χ1n) is 7.51. The predicted octanol–water partition coefficient (Wildman–Crippen LogP) is 0.602. The molecule has 3 rings (SSSR count). The Hall–Kier alpha value is -2.34. The van der Waals surface area contributed by atoms with Crippen molar-refractivity contribution in [1.29, 1.82) is 0 Å². The number of carbonyl (C=O) groups excluding carboxylic acids is 1. The van der Waals surface area contributed by atoms with Crippen LogP contribution in [-0.4, -0.2) is 35.2 Å². The van der Waals surface area contributed by atoms with Gasteiger partial charge in [0, 0.05) is 25.0 Å². The summed E-state index contributed by atoms with van der Waals surface area (Å²) in [6.07, 6.45) is 0.748. The third-order valence-corrected chi connectivity index (χ3v) is 4.01. The van der Waals surface area contributed by atoms with Crippen molar-refractivity contribution < 1.29 is 9.90 Å². The minimum absolute atomic E-state index is 0.164. The lowest BCUT2D eigenvalue weighted by molar-refractivity contribution is 0.0949. The van der Waals surface area contributed by atoms with Gasteiger partial charge in [-0.3, -0.25) is 9.59 Å². The summed E-state index contributed by atoms with van der Waals surface area (Å²) in [5.74, 6) is -0.746. The zero-order valence-electron chi connectivity index (χ0n) is 12.5. The molecule has 2 aromatic rings. The Morgan fingerprint density at radius 3 is 2.95 bits per heavy atom. The summed E-state index contributed by atoms with van der Waals surface area (Å²) in [6.45, 7) is 4.36. The van der Waals surface area contributed by atoms with Crippen LogP contribution in [0.15, 0.2) is 23.0 Å². The molecule has 0 saturated carbocycles. The molecule has 1 amide bonds. The van der Waals surface area contributed by atoms with E-state index < -0.39 is 11.5 Å². The second kappa shape index (κ2) is 5.81. The van der Waals surface area contributed by atoms with E-state index >= 15 is 0 Å². The van der Waals surface area contributed by atoms with Crippen LogP contribution in [0.2, 0.25) is 0 Å². The van der Waals surface area contributed by atoms with Gasteiger partial charge in [0.1, 0.15) is 11.3 Å². The van der Waals surface area contributed by atoms with Crippen LogP contribution in [0, 0.1) is 0 Å². The van der Waals surface area contributed by atoms with Crippen LogP contribution in [-0.2, 0) is 13.0 Å². The fourth-order valence-corrected chi connectivity index (χ4v) is 2.96. The average molecular weight is 301 g/mol. The average Bonchev–Trinajstić information content (AvgIpc) is 2.95. The normalized spacial score (nSPS) is 12.8. The van der Waals surface area contributed by atoms with Gasteiger partial charge in [-0.1, -0.05) is 19.1 Å². The molecule has 0 atom stereocenters. The van der Waals surface area contributed by atoms with Crippen LogP contribution in [0.4, 0.5) is 0 Å². The number of carbonyl (C=O) groups is 1. The van der Waals surface area contributed by atoms with Crippen molar-refractivity contribution >= 4 is 16.8 Å². The van der Waals surface area contributed by atoms with E-state index in [0.717, 1.165) is 24.0 Å². The second-order valence-corrected chi connectivity index (χ2v) is 5.35. The summed E-state index contributed by atoms with van der Waals surface area (Å²) in [5, 5.41) is 16.7. The number of nitrogens with zero attached hydrogens (tertiary/aromatic N) is 1. The van der Waals surface area contributed by atoms with Crippen molar-refractivity contribution in [1.82, 2.24) is 15.2 Å². The molecule has 0 radical (unpaired) electrons. The van der Waals surface area contributed by atoms with Crippen LogP contribution in [0.3, 0.4) is 0 Å². The van der Waals surface area contributed by atoms with Gasteiger partial charge in [-0.15, -0.1) is 0 Å². The van der Waals surface area contributed by atoms with Gasteiger partial charge in [0.2, 0.25) is 0 Å². The smallest absolute Gasteiger partial charge is 0.267 e. The summed E-state index contributed by atoms with van der Waals surface area (Å²) in [7, 11) is 0. The van der Waals surface area contributed by atoms with Gasteiger partial charge in [0.25, 0.3) is 11.5 Å². The van der Waals surface area contributed by atoms with Crippen molar-refractivity contribution in [3.63, 3.8) is 0 Å². The maximum absolute atomic E-state index is 12.5. The molecular formula is C16H19N3O3. The number of aromatic nitrogens is 1. The Morgan fingerprint density at radius 1 is 1.36 bits per heavy atom. The van der Waals surface area contributed by atoms with Gasteiger partial charge in [0.15, 0.2) is 0 Å². The van der Waals surface area contributed by atoms with E-state index in [1.54, 1.807) is 10.6 Å². The van der Waals surface area contributed by atoms with E-state index in [9.17, 15) is 14.7 Å². The molecule has 1 aromatic heterocycles. The Kier molecular flexibility index (Phi) is 3.85. The molecule has 0 saturated heterocycles. The lowest BCUT2D eigenvalue weighted by atomic mass is 10.1. The van der Waals surface area contributed by atoms with E-state index in [1.807, 2.05) is 19.1 Å². The Labute approximate surface area is 127 Å². The molecule has 3 N–H and O–H groups in total. The number of hydrogen-bond acceptors (Lipinski definition) is 4. The van der Waals surface area contributed by atoms with Crippen molar-refractivity contribution in [2.75, 3.05) is 19.6 Å². The zero-order valence-corrected chi connectivity index (χ0v) is 12.5. The van der Waals surface area contributed by atoms with Crippen molar-refractivity contribution in [3.05, 3.63) is 39.7 Å². The quantitative estimate of drug-likeness (QED) is 0.706. The fourth-order valence-electron chi connectivity index (χ4n) is 2.96. The van der Waals surface area contributed by atoms with Crippen molar-refractivity contribution in [2.45, 2.75) is 19.9 Å². The van der Waals surface area contributed by atoms with Gasteiger partial charge in [-0.25, -0.2) is 0 Å². The minimum atomic E-state index is -0.525. The molecule has 1 aliphatic heterocycles. The number of likely N-dealkylation sites (N-methyl/N-ethyl adjacent to an activating group) is 1. The number of aryl methyl sites for hydroxylation is 2. The maximum atomic E-state index is 12.5. The SMILES string of the molecule is CCNCCNC(=O)c1c(O)c2cccc3c2n(c1=O)CC3. The van der Waals surface area contributed by atoms with Crippen molar-refractivity contribution in [3.8, 4) is 5.75 Å². The van der Waals surface area contributed by atoms with E-state index in [1.165, 1.54) is 0 Å². The van der Waals surface area contributed by atoms with Gasteiger partial charge >= 0.3 is 0 Å². The first-order chi connectivity index (χ1) is 10.6. The number of para-hydroxylation sites is 1. The Balaban J connectivity index is 2.02. The number of nitrogens with one attached hydrogen (secondary N) is 2. The number of pyridine rings is 1. The molecular weight excluding hydrogens is 282 g/mol. The topological polar surface area (TPSA) is 83.4 Å². The molecule has 0 fully saturated rings. The standard InChI is InChI=1S/C16H19N3O3/c1-2-17-7-8-18-15(21)12-14(20)11-5-3-4-10-6-9-19(13(10)11)16(12)22/h3-5,17,20H,2,6-9H2,1H3,(H,18,21). The number of aromatic hydroxyl groups is 1. The summed E-state index contributed by atoms with van der Waals surface area (Å²) in [6, 6.07) is 5.52. The summed E-state index contributed by atoms with van der Waals surface area (Å²) < 4.78 is 1.59. The second-order valence-electron chi connectivity index (χ2n) is 5.35. The summed E-state index contributed by atoms with van der Waals surface area (Å²) >= 11 is 0. The monoisotopic (exact) mass is 301 g/mol. The first kappa shape index (κ1) is 14.6. The van der Waals surface area contributed by atoms with Crippen LogP contribution >= 0.6 is 0 Å². The van der Waals surface area contributed by atoms with E-state index in [-0.39, 0.29) is 11.3 Å². The molecule has 22 heavy (non-hydrogen) atoms. The Morgan fingerprint density at radius 2 is 2.18 bits per heavy atom. The molecule has 6 nitrogen and oxygen atoms in total. The molecule has 0 spiro atoms. The molecule has 0 unspecified atom stereocenters. The third-order valence-electron chi connectivity index (χ3n) is 4.01. The zero-order chi connectivity index (χ0) is 15.7. The minimum Gasteiger partial charge on any atom is -0.506 e. The van der Waals surface area contributed by atoms with E-state index in [2.05, 4.69) is 10.6 Å².